The number of carbonyl (C=O) groups is 1. The van der Waals surface area contributed by atoms with Crippen LogP contribution in [0.2, 0.25) is 0 Å². The molecule has 5 nitrogen and oxygen atoms in total. The molecule has 108 valence electrons. The van der Waals surface area contributed by atoms with Gasteiger partial charge >= 0.3 is 0 Å². The van der Waals surface area contributed by atoms with Gasteiger partial charge < -0.3 is 14.7 Å². The summed E-state index contributed by atoms with van der Waals surface area (Å²) in [5.74, 6) is 1.02. The number of aromatic amines is 1. The van der Waals surface area contributed by atoms with Gasteiger partial charge in [0, 0.05) is 0 Å². The van der Waals surface area contributed by atoms with E-state index >= 15 is 0 Å². The summed E-state index contributed by atoms with van der Waals surface area (Å²) < 4.78 is 5.13. The van der Waals surface area contributed by atoms with Gasteiger partial charge in [0.2, 0.25) is 0 Å². The molecular formula is C16H17N3O2. The van der Waals surface area contributed by atoms with Crippen molar-refractivity contribution in [1.82, 2.24) is 15.3 Å². The molecule has 0 saturated heterocycles. The molecule has 3 rings (SSSR count). The summed E-state index contributed by atoms with van der Waals surface area (Å²) in [4.78, 5) is 20.0. The molecule has 1 unspecified atom stereocenters. The van der Waals surface area contributed by atoms with Gasteiger partial charge in [0.05, 0.1) is 23.3 Å². The minimum atomic E-state index is -0.237. The Kier molecular flexibility index (Phi) is 3.48. The van der Waals surface area contributed by atoms with Crippen LogP contribution in [0, 0.1) is 5.92 Å². The Hall–Kier alpha value is -2.56. The quantitative estimate of drug-likeness (QED) is 0.772. The smallest absolute Gasteiger partial charge is 0.287 e. The molecule has 0 aliphatic heterocycles. The maximum atomic E-state index is 12.2. The van der Waals surface area contributed by atoms with Gasteiger partial charge in [0.15, 0.2) is 5.76 Å². The Morgan fingerprint density at radius 3 is 2.71 bits per heavy atom. The molecule has 0 saturated carbocycles. The van der Waals surface area contributed by atoms with E-state index in [9.17, 15) is 4.79 Å². The van der Waals surface area contributed by atoms with E-state index in [1.54, 1.807) is 12.1 Å². The number of rotatable bonds is 4. The lowest BCUT2D eigenvalue weighted by Crippen LogP contribution is -2.32. The maximum Gasteiger partial charge on any atom is 0.287 e. The minimum Gasteiger partial charge on any atom is -0.459 e. The van der Waals surface area contributed by atoms with E-state index in [2.05, 4.69) is 15.3 Å². The van der Waals surface area contributed by atoms with Crippen molar-refractivity contribution < 1.29 is 9.21 Å². The van der Waals surface area contributed by atoms with Crippen molar-refractivity contribution in [2.75, 3.05) is 0 Å². The first kappa shape index (κ1) is 13.4. The van der Waals surface area contributed by atoms with Crippen molar-refractivity contribution in [3.8, 4) is 0 Å². The molecule has 1 aromatic carbocycles. The zero-order chi connectivity index (χ0) is 14.8. The number of aromatic nitrogens is 2. The van der Waals surface area contributed by atoms with Crippen LogP contribution in [-0.4, -0.2) is 15.9 Å². The minimum absolute atomic E-state index is 0.199. The number of H-pyrrole nitrogens is 1. The van der Waals surface area contributed by atoms with E-state index in [0.717, 1.165) is 16.9 Å². The third-order valence-corrected chi connectivity index (χ3v) is 3.40. The predicted molar refractivity (Wildman–Crippen MR) is 79.8 cm³/mol. The molecular weight excluding hydrogens is 266 g/mol. The Balaban J connectivity index is 1.89. The molecule has 0 aliphatic rings. The highest BCUT2D eigenvalue weighted by molar-refractivity contribution is 5.91. The van der Waals surface area contributed by atoms with Crippen molar-refractivity contribution >= 4 is 16.9 Å². The molecule has 21 heavy (non-hydrogen) atoms. The average Bonchev–Trinajstić information content (AvgIpc) is 3.12. The molecule has 0 radical (unpaired) electrons. The number of nitrogens with one attached hydrogen (secondary N) is 2. The molecule has 3 aromatic rings. The molecule has 0 fully saturated rings. The molecule has 1 amide bonds. The number of amides is 1. The average molecular weight is 283 g/mol. The highest BCUT2D eigenvalue weighted by Gasteiger charge is 2.23. The fourth-order valence-corrected chi connectivity index (χ4v) is 2.29. The molecule has 2 aromatic heterocycles. The molecule has 1 atom stereocenters. The number of fused-ring (bicyclic) bond motifs is 1. The largest absolute Gasteiger partial charge is 0.459 e. The topological polar surface area (TPSA) is 70.9 Å². The van der Waals surface area contributed by atoms with Crippen LogP contribution in [0.5, 0.6) is 0 Å². The van der Waals surface area contributed by atoms with E-state index in [1.165, 1.54) is 6.26 Å². The second kappa shape index (κ2) is 5.44. The number of hydrogen-bond acceptors (Lipinski definition) is 3. The zero-order valence-corrected chi connectivity index (χ0v) is 12.0. The molecule has 2 heterocycles. The fraction of sp³-hybridized carbons (Fsp3) is 0.250. The van der Waals surface area contributed by atoms with Gasteiger partial charge in [-0.3, -0.25) is 4.79 Å². The van der Waals surface area contributed by atoms with Crippen LogP contribution >= 0.6 is 0 Å². The Bertz CT molecular complexity index is 711. The second-order valence-corrected chi connectivity index (χ2v) is 5.31. The van der Waals surface area contributed by atoms with E-state index in [1.807, 2.05) is 38.1 Å². The Labute approximate surface area is 122 Å². The summed E-state index contributed by atoms with van der Waals surface area (Å²) in [6, 6.07) is 11.0. The van der Waals surface area contributed by atoms with Crippen molar-refractivity contribution in [2.24, 2.45) is 5.92 Å². The Morgan fingerprint density at radius 1 is 1.24 bits per heavy atom. The van der Waals surface area contributed by atoms with Crippen LogP contribution in [0.25, 0.3) is 11.0 Å². The number of para-hydroxylation sites is 2. The first-order chi connectivity index (χ1) is 10.1. The summed E-state index contributed by atoms with van der Waals surface area (Å²) in [5, 5.41) is 2.97. The normalized spacial score (nSPS) is 12.7. The van der Waals surface area contributed by atoms with Gasteiger partial charge in [-0.15, -0.1) is 0 Å². The fourth-order valence-electron chi connectivity index (χ4n) is 2.29. The number of hydrogen-bond donors (Lipinski definition) is 2. The van der Waals surface area contributed by atoms with Crippen LogP contribution in [0.1, 0.15) is 36.3 Å². The van der Waals surface area contributed by atoms with E-state index in [0.29, 0.717) is 5.76 Å². The third-order valence-electron chi connectivity index (χ3n) is 3.40. The van der Waals surface area contributed by atoms with Crippen LogP contribution in [0.3, 0.4) is 0 Å². The number of carbonyl (C=O) groups excluding carboxylic acids is 1. The number of imidazole rings is 1. The maximum absolute atomic E-state index is 12.2. The lowest BCUT2D eigenvalue weighted by atomic mass is 10.0. The van der Waals surface area contributed by atoms with Crippen LogP contribution < -0.4 is 5.32 Å². The van der Waals surface area contributed by atoms with Gasteiger partial charge in [-0.05, 0) is 30.2 Å². The van der Waals surface area contributed by atoms with Crippen LogP contribution in [-0.2, 0) is 0 Å². The molecule has 0 aliphatic carbocycles. The molecule has 2 N–H and O–H groups in total. The first-order valence-electron chi connectivity index (χ1n) is 6.94. The van der Waals surface area contributed by atoms with Gasteiger partial charge in [-0.1, -0.05) is 26.0 Å². The lowest BCUT2D eigenvalue weighted by Gasteiger charge is -2.19. The van der Waals surface area contributed by atoms with Gasteiger partial charge in [0.25, 0.3) is 5.91 Å². The number of furan rings is 1. The summed E-state index contributed by atoms with van der Waals surface area (Å²) in [6.45, 7) is 4.08. The SMILES string of the molecule is CC(C)C(NC(=O)c1ccco1)c1nc2ccccc2[nH]1. The highest BCUT2D eigenvalue weighted by atomic mass is 16.3. The van der Waals surface area contributed by atoms with Crippen molar-refractivity contribution in [3.63, 3.8) is 0 Å². The lowest BCUT2D eigenvalue weighted by molar-refractivity contribution is 0.0895. The monoisotopic (exact) mass is 283 g/mol. The summed E-state index contributed by atoms with van der Waals surface area (Å²) in [6.07, 6.45) is 1.49. The standard InChI is InChI=1S/C16H17N3O2/c1-10(2)14(19-16(20)13-8-5-9-21-13)15-17-11-6-3-4-7-12(11)18-15/h3-10,14H,1-2H3,(H,17,18)(H,19,20). The van der Waals surface area contributed by atoms with Crippen molar-refractivity contribution in [3.05, 3.63) is 54.2 Å². The summed E-state index contributed by atoms with van der Waals surface area (Å²) in [5.41, 5.74) is 1.86. The van der Waals surface area contributed by atoms with Gasteiger partial charge in [-0.2, -0.15) is 0 Å². The second-order valence-electron chi connectivity index (χ2n) is 5.31. The highest BCUT2D eigenvalue weighted by Crippen LogP contribution is 2.22. The summed E-state index contributed by atoms with van der Waals surface area (Å²) in [7, 11) is 0. The van der Waals surface area contributed by atoms with Crippen LogP contribution in [0.15, 0.2) is 47.1 Å². The molecule has 5 heteroatoms. The van der Waals surface area contributed by atoms with E-state index in [4.69, 9.17) is 4.42 Å². The molecule has 0 spiro atoms. The predicted octanol–water partition coefficient (Wildman–Crippen LogP) is 3.28. The number of benzene rings is 1. The van der Waals surface area contributed by atoms with Crippen molar-refractivity contribution in [1.29, 1.82) is 0 Å². The zero-order valence-electron chi connectivity index (χ0n) is 12.0. The van der Waals surface area contributed by atoms with E-state index in [-0.39, 0.29) is 17.9 Å². The Morgan fingerprint density at radius 2 is 2.05 bits per heavy atom. The van der Waals surface area contributed by atoms with Crippen molar-refractivity contribution in [2.45, 2.75) is 19.9 Å². The van der Waals surface area contributed by atoms with Crippen LogP contribution in [0.4, 0.5) is 0 Å². The van der Waals surface area contributed by atoms with Gasteiger partial charge in [-0.25, -0.2) is 4.98 Å². The van der Waals surface area contributed by atoms with Gasteiger partial charge in [0.1, 0.15) is 5.82 Å². The number of nitrogens with zero attached hydrogens (tertiary/aromatic N) is 1. The first-order valence-corrected chi connectivity index (χ1v) is 6.94. The third kappa shape index (κ3) is 2.67. The van der Waals surface area contributed by atoms with E-state index < -0.39 is 0 Å². The molecule has 0 bridgehead atoms. The summed E-state index contributed by atoms with van der Waals surface area (Å²) >= 11 is 0.